The Morgan fingerprint density at radius 2 is 1.57 bits per heavy atom. The van der Waals surface area contributed by atoms with Crippen molar-refractivity contribution in [3.8, 4) is 17.2 Å². The van der Waals surface area contributed by atoms with Crippen LogP contribution in [0.4, 0.5) is 5.69 Å². The van der Waals surface area contributed by atoms with Gasteiger partial charge in [0.2, 0.25) is 5.75 Å². The SMILES string of the molecule is COc1cc(/C=N/NC(=O)CN(c2ccc(Br)cc2)S(=O)(=O)c2ccccc2)cc(OC)c1OC. The summed E-state index contributed by atoms with van der Waals surface area (Å²) in [5, 5.41) is 3.96. The first-order valence-electron chi connectivity index (χ1n) is 10.3. The van der Waals surface area contributed by atoms with Crippen LogP contribution in [-0.4, -0.2) is 48.4 Å². The summed E-state index contributed by atoms with van der Waals surface area (Å²) in [6.07, 6.45) is 1.39. The zero-order valence-corrected chi connectivity index (χ0v) is 21.7. The molecule has 1 amide bonds. The van der Waals surface area contributed by atoms with Crippen LogP contribution in [-0.2, 0) is 14.8 Å². The van der Waals surface area contributed by atoms with Gasteiger partial charge in [-0.1, -0.05) is 34.1 Å². The monoisotopic (exact) mass is 561 g/mol. The molecule has 3 aromatic carbocycles. The van der Waals surface area contributed by atoms with E-state index in [9.17, 15) is 13.2 Å². The van der Waals surface area contributed by atoms with Gasteiger partial charge in [-0.05, 0) is 48.5 Å². The summed E-state index contributed by atoms with van der Waals surface area (Å²) in [4.78, 5) is 12.8. The molecular formula is C24H24BrN3O6S. The highest BCUT2D eigenvalue weighted by Crippen LogP contribution is 2.37. The van der Waals surface area contributed by atoms with Crippen LogP contribution in [0.5, 0.6) is 17.2 Å². The Hall–Kier alpha value is -3.57. The van der Waals surface area contributed by atoms with Gasteiger partial charge in [-0.2, -0.15) is 5.10 Å². The number of hydrogen-bond acceptors (Lipinski definition) is 7. The first kappa shape index (κ1) is 26.0. The van der Waals surface area contributed by atoms with Gasteiger partial charge in [0.25, 0.3) is 15.9 Å². The molecule has 0 radical (unpaired) electrons. The number of hydrogen-bond donors (Lipinski definition) is 1. The fourth-order valence-electron chi connectivity index (χ4n) is 3.16. The Balaban J connectivity index is 1.82. The number of carbonyl (C=O) groups is 1. The number of nitrogens with zero attached hydrogens (tertiary/aromatic N) is 2. The van der Waals surface area contributed by atoms with Crippen molar-refractivity contribution in [1.82, 2.24) is 5.43 Å². The van der Waals surface area contributed by atoms with E-state index in [0.29, 0.717) is 28.5 Å². The molecule has 3 rings (SSSR count). The Morgan fingerprint density at radius 3 is 2.11 bits per heavy atom. The molecule has 11 heteroatoms. The highest BCUT2D eigenvalue weighted by molar-refractivity contribution is 9.10. The Kier molecular flexibility index (Phi) is 8.72. The van der Waals surface area contributed by atoms with Gasteiger partial charge >= 0.3 is 0 Å². The fraction of sp³-hybridized carbons (Fsp3) is 0.167. The van der Waals surface area contributed by atoms with Crippen LogP contribution < -0.4 is 23.9 Å². The molecule has 9 nitrogen and oxygen atoms in total. The lowest BCUT2D eigenvalue weighted by molar-refractivity contribution is -0.119. The lowest BCUT2D eigenvalue weighted by Gasteiger charge is -2.23. The van der Waals surface area contributed by atoms with Crippen LogP contribution >= 0.6 is 15.9 Å². The van der Waals surface area contributed by atoms with Crippen molar-refractivity contribution in [1.29, 1.82) is 0 Å². The number of ether oxygens (including phenoxy) is 3. The smallest absolute Gasteiger partial charge is 0.264 e. The standard InChI is InChI=1S/C24H24BrN3O6S/c1-32-21-13-17(14-22(33-2)24(21)34-3)15-26-27-23(29)16-28(19-11-9-18(25)10-12-19)35(30,31)20-7-5-4-6-8-20/h4-15H,16H2,1-3H3,(H,27,29)/b26-15+. The van der Waals surface area contributed by atoms with Crippen LogP contribution in [0.25, 0.3) is 0 Å². The van der Waals surface area contributed by atoms with Gasteiger partial charge in [0.05, 0.1) is 38.1 Å². The van der Waals surface area contributed by atoms with Crippen LogP contribution in [0.15, 0.2) is 81.2 Å². The maximum absolute atomic E-state index is 13.3. The highest BCUT2D eigenvalue weighted by Gasteiger charge is 2.27. The minimum atomic E-state index is -4.01. The van der Waals surface area contributed by atoms with Crippen molar-refractivity contribution >= 4 is 43.8 Å². The molecule has 0 spiro atoms. The van der Waals surface area contributed by atoms with Crippen molar-refractivity contribution in [2.75, 3.05) is 32.2 Å². The first-order chi connectivity index (χ1) is 16.8. The lowest BCUT2D eigenvalue weighted by Crippen LogP contribution is -2.39. The summed E-state index contributed by atoms with van der Waals surface area (Å²) in [6, 6.07) is 17.8. The average Bonchev–Trinajstić information content (AvgIpc) is 2.87. The number of hydrazone groups is 1. The number of halogens is 1. The molecular weight excluding hydrogens is 538 g/mol. The largest absolute Gasteiger partial charge is 0.493 e. The van der Waals surface area contributed by atoms with E-state index in [2.05, 4.69) is 26.5 Å². The van der Waals surface area contributed by atoms with E-state index < -0.39 is 22.5 Å². The molecule has 0 saturated heterocycles. The van der Waals surface area contributed by atoms with Gasteiger partial charge in [0, 0.05) is 10.0 Å². The van der Waals surface area contributed by atoms with Crippen LogP contribution in [0, 0.1) is 0 Å². The molecule has 0 heterocycles. The molecule has 1 N–H and O–H groups in total. The summed E-state index contributed by atoms with van der Waals surface area (Å²) in [5.74, 6) is 0.647. The van der Waals surface area contributed by atoms with Crippen LogP contribution in [0.1, 0.15) is 5.56 Å². The molecule has 0 aromatic heterocycles. The van der Waals surface area contributed by atoms with Crippen LogP contribution in [0.2, 0.25) is 0 Å². The Labute approximate surface area is 212 Å². The predicted molar refractivity (Wildman–Crippen MR) is 137 cm³/mol. The number of amides is 1. The molecule has 0 aliphatic carbocycles. The maximum atomic E-state index is 13.3. The molecule has 0 atom stereocenters. The first-order valence-corrected chi connectivity index (χ1v) is 12.5. The zero-order valence-electron chi connectivity index (χ0n) is 19.3. The fourth-order valence-corrected chi connectivity index (χ4v) is 4.87. The molecule has 0 saturated carbocycles. The van der Waals surface area contributed by atoms with E-state index in [1.54, 1.807) is 54.6 Å². The quantitative estimate of drug-likeness (QED) is 0.298. The summed E-state index contributed by atoms with van der Waals surface area (Å²) in [7, 11) is 0.468. The molecule has 0 aliphatic rings. The molecule has 35 heavy (non-hydrogen) atoms. The second-order valence-electron chi connectivity index (χ2n) is 7.05. The second-order valence-corrected chi connectivity index (χ2v) is 9.83. The third-order valence-electron chi connectivity index (χ3n) is 4.82. The maximum Gasteiger partial charge on any atom is 0.264 e. The number of benzene rings is 3. The number of anilines is 1. The highest BCUT2D eigenvalue weighted by atomic mass is 79.9. The number of methoxy groups -OCH3 is 3. The molecule has 0 fully saturated rings. The van der Waals surface area contributed by atoms with E-state index in [1.165, 1.54) is 39.7 Å². The minimum Gasteiger partial charge on any atom is -0.493 e. The van der Waals surface area contributed by atoms with Crippen LogP contribution in [0.3, 0.4) is 0 Å². The summed E-state index contributed by atoms with van der Waals surface area (Å²) in [6.45, 7) is -0.481. The van der Waals surface area contributed by atoms with Gasteiger partial charge in [0.1, 0.15) is 6.54 Å². The van der Waals surface area contributed by atoms with Gasteiger partial charge < -0.3 is 14.2 Å². The number of nitrogens with one attached hydrogen (secondary N) is 1. The molecule has 0 aliphatic heterocycles. The van der Waals surface area contributed by atoms with Gasteiger partial charge in [-0.25, -0.2) is 13.8 Å². The predicted octanol–water partition coefficient (Wildman–Crippen LogP) is 3.82. The van der Waals surface area contributed by atoms with Crippen molar-refractivity contribution in [3.63, 3.8) is 0 Å². The van der Waals surface area contributed by atoms with E-state index in [-0.39, 0.29) is 4.90 Å². The van der Waals surface area contributed by atoms with Gasteiger partial charge in [-0.3, -0.25) is 9.10 Å². The molecule has 0 bridgehead atoms. The average molecular weight is 562 g/mol. The number of rotatable bonds is 10. The normalized spacial score (nSPS) is 11.2. The second kappa shape index (κ2) is 11.7. The van der Waals surface area contributed by atoms with Gasteiger partial charge in [-0.15, -0.1) is 0 Å². The van der Waals surface area contributed by atoms with Crippen molar-refractivity contribution in [2.45, 2.75) is 4.90 Å². The minimum absolute atomic E-state index is 0.0663. The van der Waals surface area contributed by atoms with Gasteiger partial charge in [0.15, 0.2) is 11.5 Å². The van der Waals surface area contributed by atoms with E-state index in [4.69, 9.17) is 14.2 Å². The zero-order chi connectivity index (χ0) is 25.4. The summed E-state index contributed by atoms with van der Waals surface area (Å²) >= 11 is 3.33. The number of sulfonamides is 1. The molecule has 3 aromatic rings. The third-order valence-corrected chi connectivity index (χ3v) is 7.14. The number of carbonyl (C=O) groups excluding carboxylic acids is 1. The Bertz CT molecular complexity index is 1270. The lowest BCUT2D eigenvalue weighted by atomic mass is 10.2. The summed E-state index contributed by atoms with van der Waals surface area (Å²) in [5.41, 5.74) is 3.28. The van der Waals surface area contributed by atoms with Crippen molar-refractivity contribution in [2.24, 2.45) is 5.10 Å². The molecule has 0 unspecified atom stereocenters. The Morgan fingerprint density at radius 1 is 0.971 bits per heavy atom. The third kappa shape index (κ3) is 6.31. The van der Waals surface area contributed by atoms with E-state index >= 15 is 0 Å². The van der Waals surface area contributed by atoms with E-state index in [1.807, 2.05) is 0 Å². The van der Waals surface area contributed by atoms with Crippen molar-refractivity contribution < 1.29 is 27.4 Å². The van der Waals surface area contributed by atoms with E-state index in [0.717, 1.165) is 8.78 Å². The topological polar surface area (TPSA) is 107 Å². The molecule has 184 valence electrons. The summed E-state index contributed by atoms with van der Waals surface area (Å²) < 4.78 is 44.3. The van der Waals surface area contributed by atoms with Crippen molar-refractivity contribution in [3.05, 3.63) is 76.8 Å².